The molecule has 0 aromatic heterocycles. The summed E-state index contributed by atoms with van der Waals surface area (Å²) in [5.41, 5.74) is 0.547. The van der Waals surface area contributed by atoms with Gasteiger partial charge in [-0.3, -0.25) is 4.79 Å². The molecule has 2 aliphatic rings. The summed E-state index contributed by atoms with van der Waals surface area (Å²) in [6.45, 7) is 1.31. The van der Waals surface area contributed by atoms with Crippen LogP contribution < -0.4 is 10.1 Å². The van der Waals surface area contributed by atoms with E-state index in [9.17, 15) is 24.9 Å². The van der Waals surface area contributed by atoms with Gasteiger partial charge in [0.05, 0.1) is 13.7 Å². The second-order valence-electron chi connectivity index (χ2n) is 6.82. The second kappa shape index (κ2) is 8.37. The Labute approximate surface area is 166 Å². The number of phenolic OH excluding ortho intramolecular Hbond substituents is 1. The first-order chi connectivity index (χ1) is 13.7. The van der Waals surface area contributed by atoms with Crippen LogP contribution >= 0.6 is 0 Å². The molecule has 0 saturated carbocycles. The van der Waals surface area contributed by atoms with Crippen LogP contribution in [0, 0.1) is 0 Å². The minimum absolute atomic E-state index is 0.0497. The standard InChI is InChI=1S/C19H23NO9/c1-10(21)27-17-16(24)14-8-20-9-19(25,29-14)18(17)28-15(23)6-4-11-3-5-12(22)13(7-11)26-2/h3-7,14,16-18,20,22,24-25H,8-9H2,1-2H3/b6-4+/t14-,16-,17+,18+,19+/m0/s1. The highest BCUT2D eigenvalue weighted by Crippen LogP contribution is 2.34. The third-order valence-corrected chi connectivity index (χ3v) is 4.70. The van der Waals surface area contributed by atoms with Gasteiger partial charge in [-0.25, -0.2) is 4.79 Å². The number of carbonyl (C=O) groups excluding carboxylic acids is 2. The molecule has 0 amide bonds. The first-order valence-electron chi connectivity index (χ1n) is 8.95. The molecule has 4 N–H and O–H groups in total. The van der Waals surface area contributed by atoms with Crippen molar-refractivity contribution in [1.82, 2.24) is 5.32 Å². The summed E-state index contributed by atoms with van der Waals surface area (Å²) >= 11 is 0. The van der Waals surface area contributed by atoms with Gasteiger partial charge in [0.1, 0.15) is 12.2 Å². The first-order valence-corrected chi connectivity index (χ1v) is 8.95. The summed E-state index contributed by atoms with van der Waals surface area (Å²) < 4.78 is 20.9. The smallest absolute Gasteiger partial charge is 0.331 e. The predicted molar refractivity (Wildman–Crippen MR) is 97.8 cm³/mol. The van der Waals surface area contributed by atoms with Crippen LogP contribution in [0.25, 0.3) is 6.08 Å². The molecule has 1 aromatic carbocycles. The largest absolute Gasteiger partial charge is 0.504 e. The van der Waals surface area contributed by atoms with E-state index in [1.54, 1.807) is 6.07 Å². The Hall–Kier alpha value is -2.66. The molecule has 10 nitrogen and oxygen atoms in total. The molecule has 2 aliphatic heterocycles. The molecule has 2 heterocycles. The zero-order valence-corrected chi connectivity index (χ0v) is 15.9. The van der Waals surface area contributed by atoms with Crippen molar-refractivity contribution in [2.75, 3.05) is 20.2 Å². The molecular weight excluding hydrogens is 386 g/mol. The highest BCUT2D eigenvalue weighted by molar-refractivity contribution is 5.87. The number of hydrogen-bond donors (Lipinski definition) is 4. The molecule has 29 heavy (non-hydrogen) atoms. The van der Waals surface area contributed by atoms with E-state index in [0.29, 0.717) is 5.56 Å². The zero-order valence-electron chi connectivity index (χ0n) is 15.9. The number of ether oxygens (including phenoxy) is 4. The Morgan fingerprint density at radius 3 is 2.79 bits per heavy atom. The third-order valence-electron chi connectivity index (χ3n) is 4.70. The SMILES string of the molecule is COc1cc(/C=C/C(=O)O[C@@H]2[C@H](OC(C)=O)[C@@H](O)[C@@H]3CNC[C@@]2(O)O3)ccc1O. The van der Waals surface area contributed by atoms with E-state index in [1.807, 2.05) is 0 Å². The molecule has 1 aromatic rings. The van der Waals surface area contributed by atoms with Crippen LogP contribution in [-0.2, 0) is 23.8 Å². The lowest BCUT2D eigenvalue weighted by Crippen LogP contribution is -2.73. The number of aliphatic hydroxyl groups is 2. The Bertz CT molecular complexity index is 811. The van der Waals surface area contributed by atoms with Crippen molar-refractivity contribution < 1.29 is 43.9 Å². The number of methoxy groups -OCH3 is 1. The van der Waals surface area contributed by atoms with E-state index >= 15 is 0 Å². The van der Waals surface area contributed by atoms with Crippen LogP contribution in [0.4, 0.5) is 0 Å². The van der Waals surface area contributed by atoms with E-state index in [2.05, 4.69) is 5.32 Å². The van der Waals surface area contributed by atoms with Crippen molar-refractivity contribution in [1.29, 1.82) is 0 Å². The lowest BCUT2D eigenvalue weighted by Gasteiger charge is -2.50. The third kappa shape index (κ3) is 4.51. The Morgan fingerprint density at radius 1 is 1.34 bits per heavy atom. The van der Waals surface area contributed by atoms with E-state index < -0.39 is 42.1 Å². The number of fused-ring (bicyclic) bond motifs is 2. The summed E-state index contributed by atoms with van der Waals surface area (Å²) in [5.74, 6) is -3.34. The van der Waals surface area contributed by atoms with E-state index in [-0.39, 0.29) is 24.6 Å². The maximum atomic E-state index is 12.3. The highest BCUT2D eigenvalue weighted by atomic mass is 16.7. The Kier molecular flexibility index (Phi) is 6.08. The van der Waals surface area contributed by atoms with Crippen molar-refractivity contribution in [3.8, 4) is 11.5 Å². The fraction of sp³-hybridized carbons (Fsp3) is 0.474. The normalized spacial score (nSPS) is 31.3. The van der Waals surface area contributed by atoms with Gasteiger partial charge >= 0.3 is 11.9 Å². The molecule has 0 unspecified atom stereocenters. The van der Waals surface area contributed by atoms with Crippen LogP contribution in [0.5, 0.6) is 11.5 Å². The number of aliphatic hydroxyl groups excluding tert-OH is 1. The lowest BCUT2D eigenvalue weighted by molar-refractivity contribution is -0.354. The average Bonchev–Trinajstić information content (AvgIpc) is 2.68. The van der Waals surface area contributed by atoms with Gasteiger partial charge in [0.25, 0.3) is 0 Å². The van der Waals surface area contributed by atoms with Crippen LogP contribution in [0.1, 0.15) is 12.5 Å². The number of esters is 2. The molecule has 5 atom stereocenters. The van der Waals surface area contributed by atoms with E-state index in [4.69, 9.17) is 18.9 Å². The number of nitrogens with one attached hydrogen (secondary N) is 1. The van der Waals surface area contributed by atoms with Gasteiger partial charge in [-0.05, 0) is 23.8 Å². The molecule has 2 bridgehead atoms. The number of morpholine rings is 1. The number of aromatic hydroxyl groups is 1. The maximum Gasteiger partial charge on any atom is 0.331 e. The predicted octanol–water partition coefficient (Wildman–Crippen LogP) is -0.691. The van der Waals surface area contributed by atoms with E-state index in [1.165, 1.54) is 25.3 Å². The summed E-state index contributed by atoms with van der Waals surface area (Å²) in [5, 5.41) is 33.7. The molecule has 10 heteroatoms. The van der Waals surface area contributed by atoms with Gasteiger partial charge in [-0.2, -0.15) is 0 Å². The molecule has 3 rings (SSSR count). The van der Waals surface area contributed by atoms with Gasteiger partial charge in [0.15, 0.2) is 23.7 Å². The maximum absolute atomic E-state index is 12.3. The summed E-state index contributed by atoms with van der Waals surface area (Å²) in [7, 11) is 1.40. The van der Waals surface area contributed by atoms with Crippen LogP contribution in [0.3, 0.4) is 0 Å². The zero-order chi connectivity index (χ0) is 21.2. The molecular formula is C19H23NO9. The number of rotatable bonds is 5. The molecule has 0 radical (unpaired) electrons. The number of hydrogen-bond acceptors (Lipinski definition) is 10. The fourth-order valence-electron chi connectivity index (χ4n) is 3.35. The van der Waals surface area contributed by atoms with Gasteiger partial charge in [-0.15, -0.1) is 0 Å². The first kappa shape index (κ1) is 21.1. The minimum atomic E-state index is -1.96. The number of β-amino-alcohol motifs (C(OH)–C–C–N with tert-alkyl or cyclic N) is 1. The number of benzene rings is 1. The molecule has 0 aliphatic carbocycles. The van der Waals surface area contributed by atoms with Crippen LogP contribution in [0.15, 0.2) is 24.3 Å². The fourth-order valence-corrected chi connectivity index (χ4v) is 3.35. The number of phenols is 1. The summed E-state index contributed by atoms with van der Waals surface area (Å²) in [6.07, 6.45) is -2.35. The monoisotopic (exact) mass is 409 g/mol. The Morgan fingerprint density at radius 2 is 2.10 bits per heavy atom. The van der Waals surface area contributed by atoms with Crippen molar-refractivity contribution in [2.45, 2.75) is 37.1 Å². The molecule has 158 valence electrons. The van der Waals surface area contributed by atoms with Crippen molar-refractivity contribution in [3.05, 3.63) is 29.8 Å². The lowest BCUT2D eigenvalue weighted by atomic mass is 9.89. The number of carbonyl (C=O) groups is 2. The van der Waals surface area contributed by atoms with Gasteiger partial charge < -0.3 is 39.6 Å². The highest BCUT2D eigenvalue weighted by Gasteiger charge is 2.59. The Balaban J connectivity index is 1.77. The molecule has 0 spiro atoms. The van der Waals surface area contributed by atoms with Crippen molar-refractivity contribution >= 4 is 18.0 Å². The topological polar surface area (TPSA) is 144 Å². The summed E-state index contributed by atoms with van der Waals surface area (Å²) in [6, 6.07) is 4.47. The quantitative estimate of drug-likeness (QED) is 0.364. The summed E-state index contributed by atoms with van der Waals surface area (Å²) in [4.78, 5) is 23.8. The van der Waals surface area contributed by atoms with Crippen LogP contribution in [0.2, 0.25) is 0 Å². The van der Waals surface area contributed by atoms with Gasteiger partial charge in [0.2, 0.25) is 5.79 Å². The van der Waals surface area contributed by atoms with Crippen molar-refractivity contribution in [3.63, 3.8) is 0 Å². The average molecular weight is 409 g/mol. The van der Waals surface area contributed by atoms with Crippen LogP contribution in [-0.4, -0.2) is 77.7 Å². The second-order valence-corrected chi connectivity index (χ2v) is 6.82. The van der Waals surface area contributed by atoms with Crippen molar-refractivity contribution in [2.24, 2.45) is 0 Å². The van der Waals surface area contributed by atoms with Gasteiger partial charge in [0, 0.05) is 19.5 Å². The molecule has 2 saturated heterocycles. The van der Waals surface area contributed by atoms with Gasteiger partial charge in [-0.1, -0.05) is 6.07 Å². The minimum Gasteiger partial charge on any atom is -0.504 e. The molecule has 2 fully saturated rings. The van der Waals surface area contributed by atoms with E-state index in [0.717, 1.165) is 13.0 Å².